The largest absolute Gasteiger partial charge is 0.492 e. The highest BCUT2D eigenvalue weighted by Gasteiger charge is 2.18. The van der Waals surface area contributed by atoms with Crippen LogP contribution in [0.25, 0.3) is 0 Å². The van der Waals surface area contributed by atoms with Crippen molar-refractivity contribution in [3.63, 3.8) is 0 Å². The van der Waals surface area contributed by atoms with Crippen LogP contribution < -0.4 is 9.64 Å². The fraction of sp³-hybridized carbons (Fsp3) is 0.208. The summed E-state index contributed by atoms with van der Waals surface area (Å²) < 4.78 is 5.77. The van der Waals surface area contributed by atoms with Gasteiger partial charge in [-0.2, -0.15) is 0 Å². The predicted molar refractivity (Wildman–Crippen MR) is 114 cm³/mol. The highest BCUT2D eigenvalue weighted by Crippen LogP contribution is 2.28. The number of carbonyl (C=O) groups is 1. The second-order valence-corrected chi connectivity index (χ2v) is 6.87. The lowest BCUT2D eigenvalue weighted by Gasteiger charge is -2.23. The Kier molecular flexibility index (Phi) is 6.82. The third-order valence-corrected chi connectivity index (χ3v) is 4.36. The molecule has 0 N–H and O–H groups in total. The smallest absolute Gasteiger partial charge is 0.235 e. The van der Waals surface area contributed by atoms with Crippen LogP contribution in [0.15, 0.2) is 84.9 Å². The second-order valence-electron chi connectivity index (χ2n) is 6.87. The molecular formula is C24H26N2O2. The zero-order valence-electron chi connectivity index (χ0n) is 16.4. The highest BCUT2D eigenvalue weighted by molar-refractivity contribution is 6.01. The molecule has 0 aliphatic rings. The molecule has 1 amide bonds. The normalized spacial score (nSPS) is 10.7. The van der Waals surface area contributed by atoms with Gasteiger partial charge in [-0.05, 0) is 56.1 Å². The maximum atomic E-state index is 13.1. The van der Waals surface area contributed by atoms with Gasteiger partial charge in [0.05, 0.1) is 6.42 Å². The van der Waals surface area contributed by atoms with E-state index in [1.807, 2.05) is 99.0 Å². The summed E-state index contributed by atoms with van der Waals surface area (Å²) in [5.74, 6) is 0.827. The lowest BCUT2D eigenvalue weighted by Crippen LogP contribution is -2.27. The number of likely N-dealkylation sites (N-methyl/N-ethyl adjacent to an activating group) is 1. The van der Waals surface area contributed by atoms with E-state index in [4.69, 9.17) is 4.74 Å². The van der Waals surface area contributed by atoms with Crippen molar-refractivity contribution < 1.29 is 9.53 Å². The molecule has 144 valence electrons. The van der Waals surface area contributed by atoms with Gasteiger partial charge in [-0.3, -0.25) is 9.69 Å². The molecular weight excluding hydrogens is 348 g/mol. The molecule has 0 atom stereocenters. The number of para-hydroxylation sites is 1. The lowest BCUT2D eigenvalue weighted by atomic mass is 10.1. The average molecular weight is 374 g/mol. The van der Waals surface area contributed by atoms with E-state index >= 15 is 0 Å². The van der Waals surface area contributed by atoms with Gasteiger partial charge in [-0.1, -0.05) is 48.5 Å². The molecule has 3 rings (SSSR count). The van der Waals surface area contributed by atoms with Crippen molar-refractivity contribution in [2.45, 2.75) is 6.42 Å². The van der Waals surface area contributed by atoms with Crippen LogP contribution in [0.4, 0.5) is 11.4 Å². The molecule has 0 saturated heterocycles. The van der Waals surface area contributed by atoms with Gasteiger partial charge in [-0.25, -0.2) is 0 Å². The van der Waals surface area contributed by atoms with E-state index in [1.165, 1.54) is 0 Å². The summed E-state index contributed by atoms with van der Waals surface area (Å²) in [5.41, 5.74) is 2.67. The summed E-state index contributed by atoms with van der Waals surface area (Å²) in [4.78, 5) is 17.0. The second kappa shape index (κ2) is 9.72. The van der Waals surface area contributed by atoms with Crippen molar-refractivity contribution in [1.82, 2.24) is 4.90 Å². The van der Waals surface area contributed by atoms with Crippen LogP contribution in [0.1, 0.15) is 5.56 Å². The number of hydrogen-bond acceptors (Lipinski definition) is 3. The van der Waals surface area contributed by atoms with Crippen LogP contribution in [-0.4, -0.2) is 38.1 Å². The van der Waals surface area contributed by atoms with Crippen LogP contribution in [0.3, 0.4) is 0 Å². The fourth-order valence-corrected chi connectivity index (χ4v) is 2.90. The maximum Gasteiger partial charge on any atom is 0.235 e. The molecule has 0 fully saturated rings. The molecule has 0 aliphatic heterocycles. The third kappa shape index (κ3) is 5.44. The molecule has 0 radical (unpaired) electrons. The van der Waals surface area contributed by atoms with Gasteiger partial charge in [0.25, 0.3) is 0 Å². The maximum absolute atomic E-state index is 13.1. The Labute approximate surface area is 167 Å². The summed E-state index contributed by atoms with van der Waals surface area (Å²) in [6, 6.07) is 27.2. The average Bonchev–Trinajstić information content (AvgIpc) is 2.71. The molecule has 0 saturated carbocycles. The Morgan fingerprint density at radius 3 is 1.96 bits per heavy atom. The summed E-state index contributed by atoms with van der Waals surface area (Å²) in [6.45, 7) is 1.48. The van der Waals surface area contributed by atoms with Crippen LogP contribution in [0, 0.1) is 0 Å². The number of nitrogens with zero attached hydrogens (tertiary/aromatic N) is 2. The number of benzene rings is 3. The van der Waals surface area contributed by atoms with Gasteiger partial charge in [0.15, 0.2) is 0 Å². The molecule has 3 aromatic rings. The molecule has 0 heterocycles. The number of hydrogen-bond donors (Lipinski definition) is 0. The summed E-state index contributed by atoms with van der Waals surface area (Å²) >= 11 is 0. The van der Waals surface area contributed by atoms with Crippen LogP contribution in [0.5, 0.6) is 5.75 Å². The Balaban J connectivity index is 1.80. The minimum Gasteiger partial charge on any atom is -0.492 e. The van der Waals surface area contributed by atoms with Crippen molar-refractivity contribution in [2.75, 3.05) is 32.1 Å². The van der Waals surface area contributed by atoms with Crippen molar-refractivity contribution >= 4 is 17.3 Å². The first-order chi connectivity index (χ1) is 13.6. The topological polar surface area (TPSA) is 32.8 Å². The standard InChI is InChI=1S/C24H26N2O2/c1-25(2)17-18-28-23-15-13-22(14-16-23)26(21-11-7-4-8-12-21)24(27)19-20-9-5-3-6-10-20/h3-16H,17-19H2,1-2H3. The molecule has 0 aromatic heterocycles. The number of ether oxygens (including phenoxy) is 1. The monoisotopic (exact) mass is 374 g/mol. The Bertz CT molecular complexity index is 862. The zero-order valence-corrected chi connectivity index (χ0v) is 16.4. The van der Waals surface area contributed by atoms with Gasteiger partial charge in [0, 0.05) is 17.9 Å². The van der Waals surface area contributed by atoms with E-state index in [-0.39, 0.29) is 5.91 Å². The predicted octanol–water partition coefficient (Wildman–Crippen LogP) is 4.53. The van der Waals surface area contributed by atoms with Crippen molar-refractivity contribution in [1.29, 1.82) is 0 Å². The van der Waals surface area contributed by atoms with E-state index < -0.39 is 0 Å². The molecule has 28 heavy (non-hydrogen) atoms. The number of amides is 1. The molecule has 0 bridgehead atoms. The molecule has 4 heteroatoms. The Hall–Kier alpha value is -3.11. The van der Waals surface area contributed by atoms with Crippen molar-refractivity contribution in [3.05, 3.63) is 90.5 Å². The van der Waals surface area contributed by atoms with Gasteiger partial charge >= 0.3 is 0 Å². The summed E-state index contributed by atoms with van der Waals surface area (Å²) in [6.07, 6.45) is 0.344. The SMILES string of the molecule is CN(C)CCOc1ccc(N(C(=O)Cc2ccccc2)c2ccccc2)cc1. The van der Waals surface area contributed by atoms with E-state index in [9.17, 15) is 4.79 Å². The Morgan fingerprint density at radius 1 is 0.786 bits per heavy atom. The van der Waals surface area contributed by atoms with Gasteiger partial charge < -0.3 is 9.64 Å². The van der Waals surface area contributed by atoms with Gasteiger partial charge in [-0.15, -0.1) is 0 Å². The first kappa shape index (κ1) is 19.6. The quantitative estimate of drug-likeness (QED) is 0.581. The van der Waals surface area contributed by atoms with E-state index in [2.05, 4.69) is 4.90 Å². The molecule has 3 aromatic carbocycles. The first-order valence-electron chi connectivity index (χ1n) is 9.43. The van der Waals surface area contributed by atoms with Crippen molar-refractivity contribution in [3.8, 4) is 5.75 Å². The molecule has 0 aliphatic carbocycles. The van der Waals surface area contributed by atoms with Gasteiger partial charge in [0.1, 0.15) is 12.4 Å². The van der Waals surface area contributed by atoms with E-state index in [0.29, 0.717) is 13.0 Å². The molecule has 0 unspecified atom stereocenters. The third-order valence-electron chi connectivity index (χ3n) is 4.36. The van der Waals surface area contributed by atoms with E-state index in [1.54, 1.807) is 4.90 Å². The summed E-state index contributed by atoms with van der Waals surface area (Å²) in [7, 11) is 4.03. The van der Waals surface area contributed by atoms with Crippen LogP contribution >= 0.6 is 0 Å². The lowest BCUT2D eigenvalue weighted by molar-refractivity contribution is -0.117. The zero-order chi connectivity index (χ0) is 19.8. The fourth-order valence-electron chi connectivity index (χ4n) is 2.90. The van der Waals surface area contributed by atoms with Gasteiger partial charge in [0.2, 0.25) is 5.91 Å². The number of anilines is 2. The number of rotatable bonds is 8. The Morgan fingerprint density at radius 2 is 1.36 bits per heavy atom. The minimum atomic E-state index is 0.0266. The van der Waals surface area contributed by atoms with E-state index in [0.717, 1.165) is 29.2 Å². The summed E-state index contributed by atoms with van der Waals surface area (Å²) in [5, 5.41) is 0. The molecule has 4 nitrogen and oxygen atoms in total. The van der Waals surface area contributed by atoms with Crippen molar-refractivity contribution in [2.24, 2.45) is 0 Å². The number of carbonyl (C=O) groups excluding carboxylic acids is 1. The highest BCUT2D eigenvalue weighted by atomic mass is 16.5. The van der Waals surface area contributed by atoms with Crippen LogP contribution in [0.2, 0.25) is 0 Å². The first-order valence-corrected chi connectivity index (χ1v) is 9.43. The minimum absolute atomic E-state index is 0.0266. The molecule has 0 spiro atoms. The van der Waals surface area contributed by atoms with Crippen LogP contribution in [-0.2, 0) is 11.2 Å².